The van der Waals surface area contributed by atoms with E-state index >= 15 is 0 Å². The summed E-state index contributed by atoms with van der Waals surface area (Å²) >= 11 is 3.43. The second kappa shape index (κ2) is 5.05. The SMILES string of the molecule is O=C(O)c1ccc2c(c1)nnn2Cc1cccc(Br)c1. The van der Waals surface area contributed by atoms with Crippen LogP contribution in [-0.2, 0) is 6.54 Å². The molecule has 6 heteroatoms. The highest BCUT2D eigenvalue weighted by atomic mass is 79.9. The second-order valence-electron chi connectivity index (χ2n) is 4.39. The summed E-state index contributed by atoms with van der Waals surface area (Å²) in [6, 6.07) is 12.8. The molecular formula is C14H10BrN3O2. The molecule has 0 bridgehead atoms. The third kappa shape index (κ3) is 2.42. The Kier molecular flexibility index (Phi) is 3.23. The summed E-state index contributed by atoms with van der Waals surface area (Å²) < 4.78 is 2.76. The van der Waals surface area contributed by atoms with Gasteiger partial charge in [-0.2, -0.15) is 0 Å². The van der Waals surface area contributed by atoms with Crippen molar-refractivity contribution in [3.63, 3.8) is 0 Å². The zero-order valence-corrected chi connectivity index (χ0v) is 11.9. The Morgan fingerprint density at radius 1 is 1.25 bits per heavy atom. The Bertz CT molecular complexity index is 798. The number of carbonyl (C=O) groups is 1. The number of benzene rings is 2. The Hall–Kier alpha value is -2.21. The molecule has 0 aliphatic heterocycles. The van der Waals surface area contributed by atoms with Gasteiger partial charge in [0.15, 0.2) is 0 Å². The number of fused-ring (bicyclic) bond motifs is 1. The first-order chi connectivity index (χ1) is 9.63. The van der Waals surface area contributed by atoms with Gasteiger partial charge in [-0.3, -0.25) is 0 Å². The van der Waals surface area contributed by atoms with Crippen LogP contribution in [0.4, 0.5) is 0 Å². The molecule has 2 aromatic carbocycles. The molecule has 0 saturated heterocycles. The summed E-state index contributed by atoms with van der Waals surface area (Å²) in [7, 11) is 0. The summed E-state index contributed by atoms with van der Waals surface area (Å²) in [5, 5.41) is 17.1. The molecule has 100 valence electrons. The van der Waals surface area contributed by atoms with Crippen molar-refractivity contribution >= 4 is 32.9 Å². The van der Waals surface area contributed by atoms with Gasteiger partial charge in [-0.1, -0.05) is 33.3 Å². The van der Waals surface area contributed by atoms with Gasteiger partial charge in [0.1, 0.15) is 5.52 Å². The topological polar surface area (TPSA) is 68.0 Å². The van der Waals surface area contributed by atoms with E-state index in [1.807, 2.05) is 24.3 Å². The summed E-state index contributed by atoms with van der Waals surface area (Å²) in [5.74, 6) is -0.964. The molecule has 1 aromatic heterocycles. The summed E-state index contributed by atoms with van der Waals surface area (Å²) in [5.41, 5.74) is 2.70. The molecule has 0 aliphatic carbocycles. The molecule has 0 fully saturated rings. The van der Waals surface area contributed by atoms with Crippen LogP contribution in [0.25, 0.3) is 11.0 Å². The molecule has 1 heterocycles. The molecule has 1 N–H and O–H groups in total. The first-order valence-corrected chi connectivity index (χ1v) is 6.74. The van der Waals surface area contributed by atoms with E-state index in [0.29, 0.717) is 12.1 Å². The maximum absolute atomic E-state index is 10.9. The van der Waals surface area contributed by atoms with Crippen LogP contribution in [-0.4, -0.2) is 26.1 Å². The van der Waals surface area contributed by atoms with Crippen molar-refractivity contribution < 1.29 is 9.90 Å². The van der Waals surface area contributed by atoms with E-state index in [1.54, 1.807) is 16.8 Å². The van der Waals surface area contributed by atoms with Crippen LogP contribution in [0.2, 0.25) is 0 Å². The van der Waals surface area contributed by atoms with E-state index in [1.165, 1.54) is 6.07 Å². The van der Waals surface area contributed by atoms with Crippen molar-refractivity contribution in [2.45, 2.75) is 6.54 Å². The van der Waals surface area contributed by atoms with Gasteiger partial charge in [-0.15, -0.1) is 5.10 Å². The van der Waals surface area contributed by atoms with Crippen LogP contribution >= 0.6 is 15.9 Å². The molecule has 0 spiro atoms. The van der Waals surface area contributed by atoms with Crippen LogP contribution in [0.3, 0.4) is 0 Å². The lowest BCUT2D eigenvalue weighted by Gasteiger charge is -2.03. The Morgan fingerprint density at radius 2 is 2.10 bits per heavy atom. The number of aromatic carboxylic acids is 1. The number of carboxylic acids is 1. The van der Waals surface area contributed by atoms with Crippen LogP contribution < -0.4 is 0 Å². The minimum Gasteiger partial charge on any atom is -0.478 e. The molecule has 0 atom stereocenters. The second-order valence-corrected chi connectivity index (χ2v) is 5.30. The number of hydrogen-bond acceptors (Lipinski definition) is 3. The van der Waals surface area contributed by atoms with E-state index in [4.69, 9.17) is 5.11 Å². The van der Waals surface area contributed by atoms with Gasteiger partial charge in [0.2, 0.25) is 0 Å². The third-order valence-corrected chi connectivity index (χ3v) is 3.48. The van der Waals surface area contributed by atoms with E-state index in [0.717, 1.165) is 15.6 Å². The maximum Gasteiger partial charge on any atom is 0.335 e. The number of hydrogen-bond donors (Lipinski definition) is 1. The average molecular weight is 332 g/mol. The molecule has 0 radical (unpaired) electrons. The zero-order chi connectivity index (χ0) is 14.1. The molecular weight excluding hydrogens is 322 g/mol. The number of nitrogens with zero attached hydrogens (tertiary/aromatic N) is 3. The highest BCUT2D eigenvalue weighted by Crippen LogP contribution is 2.17. The number of aromatic nitrogens is 3. The quantitative estimate of drug-likeness (QED) is 0.801. The molecule has 0 aliphatic rings. The number of rotatable bonds is 3. The third-order valence-electron chi connectivity index (χ3n) is 2.98. The highest BCUT2D eigenvalue weighted by Gasteiger charge is 2.09. The van der Waals surface area contributed by atoms with E-state index in [-0.39, 0.29) is 5.56 Å². The van der Waals surface area contributed by atoms with Crippen molar-refractivity contribution in [1.29, 1.82) is 0 Å². The largest absolute Gasteiger partial charge is 0.478 e. The van der Waals surface area contributed by atoms with Crippen LogP contribution in [0.5, 0.6) is 0 Å². The van der Waals surface area contributed by atoms with Crippen molar-refractivity contribution in [1.82, 2.24) is 15.0 Å². The first-order valence-electron chi connectivity index (χ1n) is 5.94. The fourth-order valence-electron chi connectivity index (χ4n) is 2.03. The van der Waals surface area contributed by atoms with Gasteiger partial charge < -0.3 is 5.11 Å². The fraction of sp³-hybridized carbons (Fsp3) is 0.0714. The minimum absolute atomic E-state index is 0.215. The highest BCUT2D eigenvalue weighted by molar-refractivity contribution is 9.10. The Morgan fingerprint density at radius 3 is 2.85 bits per heavy atom. The normalized spacial score (nSPS) is 10.8. The van der Waals surface area contributed by atoms with Crippen molar-refractivity contribution in [3.05, 3.63) is 58.1 Å². The summed E-state index contributed by atoms with van der Waals surface area (Å²) in [6.45, 7) is 0.586. The average Bonchev–Trinajstić information content (AvgIpc) is 2.81. The predicted octanol–water partition coefficient (Wildman–Crippen LogP) is 2.94. The lowest BCUT2D eigenvalue weighted by atomic mass is 10.2. The lowest BCUT2D eigenvalue weighted by Crippen LogP contribution is -2.02. The maximum atomic E-state index is 10.9. The smallest absolute Gasteiger partial charge is 0.335 e. The van der Waals surface area contributed by atoms with Crippen LogP contribution in [0.1, 0.15) is 15.9 Å². The molecule has 3 aromatic rings. The van der Waals surface area contributed by atoms with Gasteiger partial charge in [-0.25, -0.2) is 9.48 Å². The van der Waals surface area contributed by atoms with Crippen LogP contribution in [0, 0.1) is 0 Å². The number of halogens is 1. The molecule has 3 rings (SSSR count). The van der Waals surface area contributed by atoms with Crippen molar-refractivity contribution in [2.24, 2.45) is 0 Å². The van der Waals surface area contributed by atoms with Gasteiger partial charge in [0, 0.05) is 4.47 Å². The van der Waals surface area contributed by atoms with E-state index in [9.17, 15) is 4.79 Å². The van der Waals surface area contributed by atoms with Gasteiger partial charge in [-0.05, 0) is 35.9 Å². The van der Waals surface area contributed by atoms with Gasteiger partial charge in [0.25, 0.3) is 0 Å². The lowest BCUT2D eigenvalue weighted by molar-refractivity contribution is 0.0697. The molecule has 5 nitrogen and oxygen atoms in total. The monoisotopic (exact) mass is 331 g/mol. The minimum atomic E-state index is -0.964. The van der Waals surface area contributed by atoms with E-state index < -0.39 is 5.97 Å². The molecule has 0 saturated carbocycles. The van der Waals surface area contributed by atoms with Crippen LogP contribution in [0.15, 0.2) is 46.9 Å². The first kappa shape index (κ1) is 12.8. The summed E-state index contributed by atoms with van der Waals surface area (Å²) in [4.78, 5) is 10.9. The predicted molar refractivity (Wildman–Crippen MR) is 77.7 cm³/mol. The zero-order valence-electron chi connectivity index (χ0n) is 10.3. The standard InChI is InChI=1S/C14H10BrN3O2/c15-11-3-1-2-9(6-11)8-18-13-5-4-10(14(19)20)7-12(13)16-17-18/h1-7H,8H2,(H,19,20). The van der Waals surface area contributed by atoms with Gasteiger partial charge >= 0.3 is 5.97 Å². The number of carboxylic acid groups (broad SMARTS) is 1. The van der Waals surface area contributed by atoms with Gasteiger partial charge in [0.05, 0.1) is 17.6 Å². The molecule has 20 heavy (non-hydrogen) atoms. The van der Waals surface area contributed by atoms with Crippen molar-refractivity contribution in [3.8, 4) is 0 Å². The van der Waals surface area contributed by atoms with Crippen molar-refractivity contribution in [2.75, 3.05) is 0 Å². The molecule has 0 unspecified atom stereocenters. The Balaban J connectivity index is 1.98. The summed E-state index contributed by atoms with van der Waals surface area (Å²) in [6.07, 6.45) is 0. The van der Waals surface area contributed by atoms with E-state index in [2.05, 4.69) is 26.2 Å². The Labute approximate surface area is 123 Å². The molecule has 0 amide bonds. The fourth-order valence-corrected chi connectivity index (χ4v) is 2.48.